The van der Waals surface area contributed by atoms with Gasteiger partial charge in [-0.25, -0.2) is 0 Å². The molecule has 3 aliphatic heterocycles. The first-order valence-electron chi connectivity index (χ1n) is 9.32. The quantitative estimate of drug-likeness (QED) is 0.866. The molecule has 1 aromatic rings. The van der Waals surface area contributed by atoms with Crippen LogP contribution < -0.4 is 5.32 Å². The van der Waals surface area contributed by atoms with Crippen LogP contribution in [0.3, 0.4) is 0 Å². The van der Waals surface area contributed by atoms with Crippen LogP contribution in [0.15, 0.2) is 18.2 Å². The Kier molecular flexibility index (Phi) is 4.36. The first kappa shape index (κ1) is 15.8. The van der Waals surface area contributed by atoms with Crippen molar-refractivity contribution in [1.29, 1.82) is 0 Å². The van der Waals surface area contributed by atoms with Gasteiger partial charge in [-0.15, -0.1) is 0 Å². The Morgan fingerprint density at radius 3 is 2.87 bits per heavy atom. The third kappa shape index (κ3) is 3.02. The molecule has 0 spiro atoms. The van der Waals surface area contributed by atoms with Gasteiger partial charge in [-0.05, 0) is 87.2 Å². The standard InChI is InChI=1S/C20H30N2S/c1-20(8-3-9-22(20)2)13-17-14-21-19-5-4-16(12-18(17)19)15-6-10-23-11-7-15/h4-5,12,15,17,21H,3,6-11,13-14H2,1-2H3/t17?,20-/m1/s1. The molecule has 3 heterocycles. The smallest absolute Gasteiger partial charge is 0.0376 e. The maximum Gasteiger partial charge on any atom is 0.0376 e. The Bertz CT molecular complexity index is 567. The van der Waals surface area contributed by atoms with E-state index in [9.17, 15) is 0 Å². The van der Waals surface area contributed by atoms with Gasteiger partial charge in [0.15, 0.2) is 0 Å². The molecular formula is C20H30N2S. The summed E-state index contributed by atoms with van der Waals surface area (Å²) >= 11 is 2.12. The van der Waals surface area contributed by atoms with Crippen LogP contribution in [-0.2, 0) is 0 Å². The van der Waals surface area contributed by atoms with Gasteiger partial charge >= 0.3 is 0 Å². The molecule has 0 saturated carbocycles. The number of anilines is 1. The second-order valence-electron chi connectivity index (χ2n) is 8.04. The summed E-state index contributed by atoms with van der Waals surface area (Å²) in [6.07, 6.45) is 6.74. The van der Waals surface area contributed by atoms with Gasteiger partial charge in [0.05, 0.1) is 0 Å². The van der Waals surface area contributed by atoms with E-state index in [1.165, 1.54) is 55.8 Å². The van der Waals surface area contributed by atoms with Crippen LogP contribution in [-0.4, -0.2) is 42.1 Å². The molecule has 23 heavy (non-hydrogen) atoms. The van der Waals surface area contributed by atoms with Crippen LogP contribution in [0.1, 0.15) is 62.0 Å². The van der Waals surface area contributed by atoms with E-state index in [2.05, 4.69) is 54.1 Å². The van der Waals surface area contributed by atoms with Gasteiger partial charge in [0.1, 0.15) is 0 Å². The SMILES string of the molecule is CN1CCC[C@]1(C)CC1CNc2ccc(C3CCSCC3)cc21. The van der Waals surface area contributed by atoms with E-state index >= 15 is 0 Å². The molecule has 2 saturated heterocycles. The molecule has 2 fully saturated rings. The third-order valence-corrected chi connectivity index (χ3v) is 7.61. The number of likely N-dealkylation sites (tertiary alicyclic amines) is 1. The number of fused-ring (bicyclic) bond motifs is 1. The number of nitrogens with one attached hydrogen (secondary N) is 1. The Hall–Kier alpha value is -0.670. The average molecular weight is 331 g/mol. The Labute approximate surface area is 145 Å². The lowest BCUT2D eigenvalue weighted by Gasteiger charge is -2.35. The molecule has 126 valence electrons. The van der Waals surface area contributed by atoms with Gasteiger partial charge in [0.25, 0.3) is 0 Å². The molecule has 0 radical (unpaired) electrons. The molecule has 0 bridgehead atoms. The lowest BCUT2D eigenvalue weighted by molar-refractivity contribution is 0.173. The molecular weight excluding hydrogens is 300 g/mol. The van der Waals surface area contributed by atoms with Crippen molar-refractivity contribution < 1.29 is 0 Å². The zero-order chi connectivity index (χ0) is 15.9. The molecule has 0 aromatic heterocycles. The summed E-state index contributed by atoms with van der Waals surface area (Å²) in [6, 6.07) is 7.30. The van der Waals surface area contributed by atoms with Crippen molar-refractivity contribution in [3.8, 4) is 0 Å². The predicted octanol–water partition coefficient (Wildman–Crippen LogP) is 4.68. The minimum absolute atomic E-state index is 0.394. The molecule has 2 nitrogen and oxygen atoms in total. The van der Waals surface area contributed by atoms with E-state index in [-0.39, 0.29) is 0 Å². The predicted molar refractivity (Wildman–Crippen MR) is 102 cm³/mol. The average Bonchev–Trinajstić information content (AvgIpc) is 3.12. The summed E-state index contributed by atoms with van der Waals surface area (Å²) in [5.41, 5.74) is 4.99. The summed E-state index contributed by atoms with van der Waals surface area (Å²) in [6.45, 7) is 4.87. The Balaban J connectivity index is 1.55. The van der Waals surface area contributed by atoms with Crippen molar-refractivity contribution in [2.75, 3.05) is 37.0 Å². The Morgan fingerprint density at radius 2 is 2.13 bits per heavy atom. The first-order chi connectivity index (χ1) is 11.2. The zero-order valence-electron chi connectivity index (χ0n) is 14.6. The monoisotopic (exact) mass is 330 g/mol. The number of hydrogen-bond acceptors (Lipinski definition) is 3. The van der Waals surface area contributed by atoms with Crippen molar-refractivity contribution in [3.05, 3.63) is 29.3 Å². The minimum Gasteiger partial charge on any atom is -0.384 e. The molecule has 3 aliphatic rings. The molecule has 4 rings (SSSR count). The number of rotatable bonds is 3. The molecule has 1 aromatic carbocycles. The van der Waals surface area contributed by atoms with Crippen molar-refractivity contribution in [1.82, 2.24) is 4.90 Å². The second-order valence-corrected chi connectivity index (χ2v) is 9.26. The van der Waals surface area contributed by atoms with Crippen LogP contribution >= 0.6 is 11.8 Å². The third-order valence-electron chi connectivity index (χ3n) is 6.56. The zero-order valence-corrected chi connectivity index (χ0v) is 15.4. The molecule has 3 heteroatoms. The fourth-order valence-electron chi connectivity index (χ4n) is 4.84. The van der Waals surface area contributed by atoms with Gasteiger partial charge in [0.2, 0.25) is 0 Å². The van der Waals surface area contributed by atoms with Gasteiger partial charge in [0, 0.05) is 23.7 Å². The molecule has 1 unspecified atom stereocenters. The van der Waals surface area contributed by atoms with Gasteiger partial charge in [-0.2, -0.15) is 11.8 Å². The molecule has 1 N–H and O–H groups in total. The highest BCUT2D eigenvalue weighted by Crippen LogP contribution is 2.43. The Morgan fingerprint density at radius 1 is 1.30 bits per heavy atom. The minimum atomic E-state index is 0.394. The first-order valence-corrected chi connectivity index (χ1v) is 10.5. The molecule has 0 amide bonds. The number of thioether (sulfide) groups is 1. The fraction of sp³-hybridized carbons (Fsp3) is 0.700. The second kappa shape index (κ2) is 6.33. The number of nitrogens with zero attached hydrogens (tertiary/aromatic N) is 1. The van der Waals surface area contributed by atoms with Crippen molar-refractivity contribution in [2.45, 2.75) is 56.4 Å². The fourth-order valence-corrected chi connectivity index (χ4v) is 5.94. The lowest BCUT2D eigenvalue weighted by atomic mass is 9.82. The van der Waals surface area contributed by atoms with Gasteiger partial charge in [-0.3, -0.25) is 0 Å². The van der Waals surface area contributed by atoms with Crippen LogP contribution in [0.5, 0.6) is 0 Å². The maximum atomic E-state index is 3.66. The number of hydrogen-bond donors (Lipinski definition) is 1. The van der Waals surface area contributed by atoms with Crippen LogP contribution in [0.2, 0.25) is 0 Å². The van der Waals surface area contributed by atoms with Crippen LogP contribution in [0.25, 0.3) is 0 Å². The highest BCUT2D eigenvalue weighted by Gasteiger charge is 2.38. The van der Waals surface area contributed by atoms with Crippen molar-refractivity contribution >= 4 is 17.4 Å². The largest absolute Gasteiger partial charge is 0.384 e. The van der Waals surface area contributed by atoms with E-state index in [1.54, 1.807) is 11.1 Å². The summed E-state index contributed by atoms with van der Waals surface area (Å²) in [7, 11) is 2.31. The topological polar surface area (TPSA) is 15.3 Å². The van der Waals surface area contributed by atoms with E-state index in [4.69, 9.17) is 0 Å². The normalized spacial score (nSPS) is 32.0. The maximum absolute atomic E-state index is 3.66. The van der Waals surface area contributed by atoms with E-state index in [0.29, 0.717) is 11.5 Å². The van der Waals surface area contributed by atoms with Gasteiger partial charge < -0.3 is 10.2 Å². The molecule has 2 atom stereocenters. The van der Waals surface area contributed by atoms with Crippen molar-refractivity contribution in [3.63, 3.8) is 0 Å². The lowest BCUT2D eigenvalue weighted by Crippen LogP contribution is -2.39. The van der Waals surface area contributed by atoms with E-state index < -0.39 is 0 Å². The summed E-state index contributed by atoms with van der Waals surface area (Å²) in [4.78, 5) is 2.59. The van der Waals surface area contributed by atoms with Gasteiger partial charge in [-0.1, -0.05) is 12.1 Å². The summed E-state index contributed by atoms with van der Waals surface area (Å²) in [5, 5.41) is 3.66. The van der Waals surface area contributed by atoms with Crippen molar-refractivity contribution in [2.24, 2.45) is 0 Å². The summed E-state index contributed by atoms with van der Waals surface area (Å²) in [5.74, 6) is 4.17. The molecule has 0 aliphatic carbocycles. The highest BCUT2D eigenvalue weighted by molar-refractivity contribution is 7.99. The van der Waals surface area contributed by atoms with E-state index in [0.717, 1.165) is 12.5 Å². The summed E-state index contributed by atoms with van der Waals surface area (Å²) < 4.78 is 0. The van der Waals surface area contributed by atoms with Crippen LogP contribution in [0, 0.1) is 0 Å². The van der Waals surface area contributed by atoms with Crippen LogP contribution in [0.4, 0.5) is 5.69 Å². The number of benzene rings is 1. The van der Waals surface area contributed by atoms with E-state index in [1.807, 2.05) is 0 Å². The highest BCUT2D eigenvalue weighted by atomic mass is 32.2.